The molecule has 1 aliphatic rings. The predicted molar refractivity (Wildman–Crippen MR) is 68.1 cm³/mol. The zero-order valence-electron chi connectivity index (χ0n) is 10.4. The number of anilines is 2. The first-order chi connectivity index (χ1) is 8.58. The van der Waals surface area contributed by atoms with Gasteiger partial charge in [0, 0.05) is 36.6 Å². The lowest BCUT2D eigenvalue weighted by Gasteiger charge is -2.26. The second-order valence-electron chi connectivity index (χ2n) is 4.60. The summed E-state index contributed by atoms with van der Waals surface area (Å²) >= 11 is 0. The molecule has 5 heteroatoms. The van der Waals surface area contributed by atoms with E-state index in [9.17, 15) is 8.78 Å². The molecule has 2 N–H and O–H groups in total. The van der Waals surface area contributed by atoms with E-state index in [0.29, 0.717) is 24.5 Å². The second kappa shape index (κ2) is 5.52. The van der Waals surface area contributed by atoms with Gasteiger partial charge in [0.25, 0.3) is 6.43 Å². The van der Waals surface area contributed by atoms with E-state index in [0.717, 1.165) is 13.0 Å². The summed E-state index contributed by atoms with van der Waals surface area (Å²) in [7, 11) is 0. The van der Waals surface area contributed by atoms with Crippen molar-refractivity contribution >= 4 is 11.4 Å². The average molecular weight is 256 g/mol. The van der Waals surface area contributed by atoms with Crippen molar-refractivity contribution in [2.45, 2.75) is 25.9 Å². The van der Waals surface area contributed by atoms with Gasteiger partial charge in [-0.1, -0.05) is 0 Å². The van der Waals surface area contributed by atoms with Gasteiger partial charge in [-0.25, -0.2) is 8.78 Å². The van der Waals surface area contributed by atoms with E-state index in [2.05, 4.69) is 0 Å². The number of alkyl halides is 2. The van der Waals surface area contributed by atoms with Crippen LogP contribution in [0.1, 0.15) is 25.3 Å². The highest BCUT2D eigenvalue weighted by Gasteiger charge is 2.21. The lowest BCUT2D eigenvalue weighted by molar-refractivity contribution is 0.0820. The van der Waals surface area contributed by atoms with Gasteiger partial charge in [-0.15, -0.1) is 0 Å². The molecule has 0 aromatic heterocycles. The maximum Gasteiger partial charge on any atom is 0.265 e. The van der Waals surface area contributed by atoms with Crippen LogP contribution in [-0.4, -0.2) is 25.8 Å². The molecule has 1 aliphatic heterocycles. The van der Waals surface area contributed by atoms with Crippen molar-refractivity contribution in [2.75, 3.05) is 30.3 Å². The highest BCUT2D eigenvalue weighted by molar-refractivity contribution is 5.60. The first kappa shape index (κ1) is 13.1. The van der Waals surface area contributed by atoms with Crippen molar-refractivity contribution < 1.29 is 13.5 Å². The average Bonchev–Trinajstić information content (AvgIpc) is 2.53. The summed E-state index contributed by atoms with van der Waals surface area (Å²) in [5.74, 6) is 0. The molecule has 1 aromatic rings. The van der Waals surface area contributed by atoms with E-state index < -0.39 is 6.43 Å². The summed E-state index contributed by atoms with van der Waals surface area (Å²) in [6.07, 6.45) is -1.62. The van der Waals surface area contributed by atoms with Crippen molar-refractivity contribution in [3.63, 3.8) is 0 Å². The van der Waals surface area contributed by atoms with Gasteiger partial charge in [0.1, 0.15) is 0 Å². The van der Waals surface area contributed by atoms with E-state index in [4.69, 9.17) is 10.5 Å². The van der Waals surface area contributed by atoms with Gasteiger partial charge in [-0.05, 0) is 31.5 Å². The molecule has 0 aliphatic carbocycles. The molecule has 100 valence electrons. The molecule has 18 heavy (non-hydrogen) atoms. The Bertz CT molecular complexity index is 412. The number of hydrogen-bond acceptors (Lipinski definition) is 3. The van der Waals surface area contributed by atoms with Crippen molar-refractivity contribution in [3.05, 3.63) is 23.8 Å². The third-order valence-corrected chi connectivity index (χ3v) is 3.08. The minimum Gasteiger partial charge on any atom is -0.399 e. The first-order valence-electron chi connectivity index (χ1n) is 6.12. The number of halogens is 2. The van der Waals surface area contributed by atoms with Crippen LogP contribution in [0.5, 0.6) is 0 Å². The van der Waals surface area contributed by atoms with Crippen LogP contribution in [0.2, 0.25) is 0 Å². The molecular weight excluding hydrogens is 238 g/mol. The molecule has 1 atom stereocenters. The Hall–Kier alpha value is -1.36. The van der Waals surface area contributed by atoms with E-state index in [-0.39, 0.29) is 11.7 Å². The molecule has 1 heterocycles. The first-order valence-corrected chi connectivity index (χ1v) is 6.12. The van der Waals surface area contributed by atoms with Gasteiger partial charge in [-0.2, -0.15) is 0 Å². The maximum absolute atomic E-state index is 13.0. The van der Waals surface area contributed by atoms with Crippen LogP contribution in [-0.2, 0) is 4.74 Å². The third-order valence-electron chi connectivity index (χ3n) is 3.08. The van der Waals surface area contributed by atoms with Gasteiger partial charge in [0.15, 0.2) is 0 Å². The molecule has 1 saturated heterocycles. The summed E-state index contributed by atoms with van der Waals surface area (Å²) in [5, 5.41) is 0. The number of rotatable bonds is 2. The van der Waals surface area contributed by atoms with Crippen LogP contribution in [0.3, 0.4) is 0 Å². The Balaban J connectivity index is 2.30. The molecular formula is C13H18F2N2O. The quantitative estimate of drug-likeness (QED) is 0.827. The molecule has 0 spiro atoms. The van der Waals surface area contributed by atoms with Crippen LogP contribution in [0.25, 0.3) is 0 Å². The van der Waals surface area contributed by atoms with Crippen molar-refractivity contribution in [3.8, 4) is 0 Å². The normalized spacial score (nSPS) is 21.1. The number of benzene rings is 1. The number of ether oxygens (including phenoxy) is 1. The van der Waals surface area contributed by atoms with E-state index in [1.807, 2.05) is 11.8 Å². The number of nitrogens with zero attached hydrogens (tertiary/aromatic N) is 1. The monoisotopic (exact) mass is 256 g/mol. The topological polar surface area (TPSA) is 38.5 Å². The minimum absolute atomic E-state index is 0.00380. The number of nitrogens with two attached hydrogens (primary N) is 1. The summed E-state index contributed by atoms with van der Waals surface area (Å²) in [4.78, 5) is 1.96. The summed E-state index contributed by atoms with van der Waals surface area (Å²) in [5.41, 5.74) is 6.52. The molecule has 1 unspecified atom stereocenters. The Morgan fingerprint density at radius 3 is 2.94 bits per heavy atom. The zero-order valence-corrected chi connectivity index (χ0v) is 10.4. The predicted octanol–water partition coefficient (Wildman–Crippen LogP) is 2.82. The largest absolute Gasteiger partial charge is 0.399 e. The van der Waals surface area contributed by atoms with Gasteiger partial charge in [0.05, 0.1) is 6.10 Å². The fourth-order valence-corrected chi connectivity index (χ4v) is 2.25. The third kappa shape index (κ3) is 2.90. The van der Waals surface area contributed by atoms with Gasteiger partial charge < -0.3 is 15.4 Å². The molecule has 0 amide bonds. The Morgan fingerprint density at radius 1 is 1.44 bits per heavy atom. The van der Waals surface area contributed by atoms with Crippen LogP contribution in [0, 0.1) is 0 Å². The lowest BCUT2D eigenvalue weighted by atomic mass is 10.1. The fraction of sp³-hybridized carbons (Fsp3) is 0.538. The smallest absolute Gasteiger partial charge is 0.265 e. The fourth-order valence-electron chi connectivity index (χ4n) is 2.25. The van der Waals surface area contributed by atoms with E-state index in [1.54, 1.807) is 12.1 Å². The van der Waals surface area contributed by atoms with Crippen molar-refractivity contribution in [1.82, 2.24) is 0 Å². The highest BCUT2D eigenvalue weighted by Crippen LogP contribution is 2.32. The molecule has 0 saturated carbocycles. The SMILES string of the molecule is CC1CN(c2ccc(N)cc2C(F)F)CCCO1. The Labute approximate surface area is 106 Å². The van der Waals surface area contributed by atoms with Gasteiger partial charge >= 0.3 is 0 Å². The van der Waals surface area contributed by atoms with Crippen molar-refractivity contribution in [1.29, 1.82) is 0 Å². The zero-order chi connectivity index (χ0) is 13.1. The minimum atomic E-state index is -2.51. The van der Waals surface area contributed by atoms with Crippen LogP contribution in [0.15, 0.2) is 18.2 Å². The Morgan fingerprint density at radius 2 is 2.22 bits per heavy atom. The Kier molecular flexibility index (Phi) is 4.01. The molecule has 2 rings (SSSR count). The van der Waals surface area contributed by atoms with Crippen LogP contribution < -0.4 is 10.6 Å². The van der Waals surface area contributed by atoms with E-state index in [1.165, 1.54) is 6.07 Å². The molecule has 1 aromatic carbocycles. The van der Waals surface area contributed by atoms with Gasteiger partial charge in [-0.3, -0.25) is 0 Å². The number of nitrogen functional groups attached to an aromatic ring is 1. The maximum atomic E-state index is 13.0. The molecule has 3 nitrogen and oxygen atoms in total. The van der Waals surface area contributed by atoms with Gasteiger partial charge in [0.2, 0.25) is 0 Å². The van der Waals surface area contributed by atoms with E-state index >= 15 is 0 Å². The molecule has 1 fully saturated rings. The number of hydrogen-bond donors (Lipinski definition) is 1. The lowest BCUT2D eigenvalue weighted by Crippen LogP contribution is -2.31. The van der Waals surface area contributed by atoms with Crippen LogP contribution in [0.4, 0.5) is 20.2 Å². The molecule has 0 radical (unpaired) electrons. The standard InChI is InChI=1S/C13H18F2N2O/c1-9-8-17(5-2-6-18-9)12-4-3-10(16)7-11(12)13(14)15/h3-4,7,9,13H,2,5-6,8,16H2,1H3. The second-order valence-corrected chi connectivity index (χ2v) is 4.60. The highest BCUT2D eigenvalue weighted by atomic mass is 19.3. The van der Waals surface area contributed by atoms with Crippen LogP contribution >= 0.6 is 0 Å². The summed E-state index contributed by atoms with van der Waals surface area (Å²) in [6.45, 7) is 3.99. The molecule has 0 bridgehead atoms. The summed E-state index contributed by atoms with van der Waals surface area (Å²) in [6, 6.07) is 4.70. The summed E-state index contributed by atoms with van der Waals surface area (Å²) < 4.78 is 31.6. The van der Waals surface area contributed by atoms with Crippen molar-refractivity contribution in [2.24, 2.45) is 0 Å².